The van der Waals surface area contributed by atoms with Crippen LogP contribution in [0.5, 0.6) is 17.2 Å². The fourth-order valence-electron chi connectivity index (χ4n) is 5.05. The summed E-state index contributed by atoms with van der Waals surface area (Å²) in [7, 11) is 0. The van der Waals surface area contributed by atoms with Crippen molar-refractivity contribution in [2.24, 2.45) is 5.41 Å². The van der Waals surface area contributed by atoms with Gasteiger partial charge in [0.2, 0.25) is 0 Å². The van der Waals surface area contributed by atoms with Gasteiger partial charge in [-0.05, 0) is 85.3 Å². The van der Waals surface area contributed by atoms with E-state index in [4.69, 9.17) is 18.9 Å². The molecule has 3 aromatic carbocycles. The second kappa shape index (κ2) is 22.2. The quantitative estimate of drug-likeness (QED) is 0.0538. The molecule has 0 aliphatic heterocycles. The number of ether oxygens (including phenoxy) is 4. The first-order chi connectivity index (χ1) is 23.0. The normalized spacial score (nSPS) is 11.4. The van der Waals surface area contributed by atoms with Crippen LogP contribution in [0.1, 0.15) is 101 Å². The van der Waals surface area contributed by atoms with E-state index in [-0.39, 0.29) is 13.2 Å². The zero-order chi connectivity index (χ0) is 33.6. The lowest BCUT2D eigenvalue weighted by Gasteiger charge is -2.24. The minimum Gasteiger partial charge on any atom is -0.494 e. The van der Waals surface area contributed by atoms with E-state index in [0.717, 1.165) is 54.7 Å². The first-order valence-electron chi connectivity index (χ1n) is 17.5. The summed E-state index contributed by atoms with van der Waals surface area (Å²) in [5, 5.41) is 18.6. The maximum Gasteiger partial charge on any atom is 0.343 e. The summed E-state index contributed by atoms with van der Waals surface area (Å²) in [6.45, 7) is 6.22. The Kier molecular flexibility index (Phi) is 18.0. The van der Waals surface area contributed by atoms with Crippen LogP contribution in [0.2, 0.25) is 0 Å². The van der Waals surface area contributed by atoms with Crippen LogP contribution in [0.15, 0.2) is 72.8 Å². The van der Waals surface area contributed by atoms with Gasteiger partial charge in [-0.1, -0.05) is 89.5 Å². The summed E-state index contributed by atoms with van der Waals surface area (Å²) in [6, 6.07) is 22.6. The Hall–Kier alpha value is -3.39. The van der Waals surface area contributed by atoms with Crippen molar-refractivity contribution in [2.45, 2.75) is 90.9 Å². The molecule has 0 aromatic heterocycles. The van der Waals surface area contributed by atoms with Crippen molar-refractivity contribution in [2.75, 3.05) is 39.6 Å². The number of carbonyl (C=O) groups is 1. The SMILES string of the molecule is CCCCCCCCCCOc1ccc(C(=O)Oc2ccc(-c3ccc(OCCCCCCOCC(C)(CO)CO)cc3)cc2)cc1. The lowest BCUT2D eigenvalue weighted by molar-refractivity contribution is -0.0169. The Morgan fingerprint density at radius 2 is 1.00 bits per heavy atom. The monoisotopic (exact) mass is 648 g/mol. The molecule has 3 aromatic rings. The molecule has 0 heterocycles. The number of esters is 1. The van der Waals surface area contributed by atoms with Crippen molar-refractivity contribution in [1.29, 1.82) is 0 Å². The molecule has 0 atom stereocenters. The number of hydrogen-bond acceptors (Lipinski definition) is 7. The van der Waals surface area contributed by atoms with E-state index in [9.17, 15) is 15.0 Å². The van der Waals surface area contributed by atoms with E-state index in [2.05, 4.69) is 6.92 Å². The molecule has 3 rings (SSSR count). The summed E-state index contributed by atoms with van der Waals surface area (Å²) in [5.41, 5.74) is 1.99. The van der Waals surface area contributed by atoms with Gasteiger partial charge >= 0.3 is 5.97 Å². The van der Waals surface area contributed by atoms with Crippen LogP contribution < -0.4 is 14.2 Å². The lowest BCUT2D eigenvalue weighted by atomic mass is 9.95. The van der Waals surface area contributed by atoms with E-state index in [0.29, 0.717) is 37.7 Å². The van der Waals surface area contributed by atoms with Crippen molar-refractivity contribution in [3.05, 3.63) is 78.4 Å². The first-order valence-corrected chi connectivity index (χ1v) is 17.5. The van der Waals surface area contributed by atoms with E-state index < -0.39 is 11.4 Å². The fourth-order valence-corrected chi connectivity index (χ4v) is 5.05. The van der Waals surface area contributed by atoms with Crippen LogP contribution in [0.25, 0.3) is 11.1 Å². The molecule has 0 amide bonds. The average Bonchev–Trinajstić information content (AvgIpc) is 3.11. The fraction of sp³-hybridized carbons (Fsp3) is 0.525. The molecule has 258 valence electrons. The molecule has 0 aliphatic carbocycles. The number of rotatable bonds is 25. The number of unbranched alkanes of at least 4 members (excludes halogenated alkanes) is 10. The molecule has 0 bridgehead atoms. The van der Waals surface area contributed by atoms with Crippen LogP contribution in [0.4, 0.5) is 0 Å². The summed E-state index contributed by atoms with van der Waals surface area (Å²) >= 11 is 0. The van der Waals surface area contributed by atoms with Gasteiger partial charge in [0.1, 0.15) is 17.2 Å². The summed E-state index contributed by atoms with van der Waals surface area (Å²) in [5.74, 6) is 1.70. The van der Waals surface area contributed by atoms with Gasteiger partial charge in [0.25, 0.3) is 0 Å². The molecule has 0 unspecified atom stereocenters. The van der Waals surface area contributed by atoms with Gasteiger partial charge in [-0.3, -0.25) is 0 Å². The molecule has 0 saturated carbocycles. The number of benzene rings is 3. The summed E-state index contributed by atoms with van der Waals surface area (Å²) in [6.07, 6.45) is 14.1. The van der Waals surface area contributed by atoms with Crippen LogP contribution in [0, 0.1) is 5.41 Å². The topological polar surface area (TPSA) is 94.5 Å². The van der Waals surface area contributed by atoms with Gasteiger partial charge in [-0.25, -0.2) is 4.79 Å². The summed E-state index contributed by atoms with van der Waals surface area (Å²) in [4.78, 5) is 12.7. The standard InChI is InChI=1S/C40H56O7/c1-3-4-5-6-7-8-9-13-28-46-37-23-19-35(20-24-37)39(43)47-38-25-17-34(18-26-38)33-15-21-36(22-16-33)45-29-14-11-10-12-27-44-32-40(2,30-41)31-42/h15-26,41-42H,3-14,27-32H2,1-2H3. The number of carbonyl (C=O) groups excluding carboxylic acids is 1. The predicted octanol–water partition coefficient (Wildman–Crippen LogP) is 9.04. The molecular formula is C40H56O7. The van der Waals surface area contributed by atoms with Gasteiger partial charge in [-0.2, -0.15) is 0 Å². The third kappa shape index (κ3) is 14.9. The predicted molar refractivity (Wildman–Crippen MR) is 188 cm³/mol. The smallest absolute Gasteiger partial charge is 0.343 e. The van der Waals surface area contributed by atoms with Gasteiger partial charge < -0.3 is 29.2 Å². The maximum absolute atomic E-state index is 12.7. The van der Waals surface area contributed by atoms with Gasteiger partial charge in [0.05, 0.1) is 38.6 Å². The van der Waals surface area contributed by atoms with Crippen LogP contribution in [0.3, 0.4) is 0 Å². The zero-order valence-corrected chi connectivity index (χ0v) is 28.6. The molecule has 0 spiro atoms. The van der Waals surface area contributed by atoms with Crippen molar-refractivity contribution >= 4 is 5.97 Å². The highest BCUT2D eigenvalue weighted by atomic mass is 16.5. The zero-order valence-electron chi connectivity index (χ0n) is 28.6. The molecule has 2 N–H and O–H groups in total. The molecule has 47 heavy (non-hydrogen) atoms. The second-order valence-electron chi connectivity index (χ2n) is 12.7. The van der Waals surface area contributed by atoms with Crippen molar-refractivity contribution in [3.8, 4) is 28.4 Å². The lowest BCUT2D eigenvalue weighted by Crippen LogP contribution is -2.31. The Morgan fingerprint density at radius 1 is 0.574 bits per heavy atom. The minimum absolute atomic E-state index is 0.0857. The van der Waals surface area contributed by atoms with Crippen LogP contribution >= 0.6 is 0 Å². The van der Waals surface area contributed by atoms with E-state index in [1.54, 1.807) is 12.1 Å². The molecular weight excluding hydrogens is 592 g/mol. The van der Waals surface area contributed by atoms with Crippen molar-refractivity contribution < 1.29 is 34.0 Å². The largest absolute Gasteiger partial charge is 0.494 e. The van der Waals surface area contributed by atoms with Crippen molar-refractivity contribution in [3.63, 3.8) is 0 Å². The number of aliphatic hydroxyl groups is 2. The second-order valence-corrected chi connectivity index (χ2v) is 12.7. The minimum atomic E-state index is -0.571. The molecule has 0 aliphatic rings. The van der Waals surface area contributed by atoms with Crippen LogP contribution in [-0.2, 0) is 4.74 Å². The van der Waals surface area contributed by atoms with E-state index in [1.165, 1.54) is 44.9 Å². The average molecular weight is 649 g/mol. The van der Waals surface area contributed by atoms with Gasteiger partial charge in [-0.15, -0.1) is 0 Å². The molecule has 0 radical (unpaired) electrons. The highest BCUT2D eigenvalue weighted by molar-refractivity contribution is 5.91. The third-order valence-electron chi connectivity index (χ3n) is 8.27. The number of hydrogen-bond donors (Lipinski definition) is 2. The van der Waals surface area contributed by atoms with E-state index in [1.807, 2.05) is 67.6 Å². The third-order valence-corrected chi connectivity index (χ3v) is 8.27. The Balaban J connectivity index is 1.30. The van der Waals surface area contributed by atoms with Gasteiger partial charge in [0, 0.05) is 12.0 Å². The molecule has 7 heteroatoms. The molecule has 7 nitrogen and oxygen atoms in total. The Labute approximate surface area is 282 Å². The van der Waals surface area contributed by atoms with Gasteiger partial charge in [0.15, 0.2) is 0 Å². The molecule has 0 saturated heterocycles. The Bertz CT molecular complexity index is 1240. The molecule has 0 fully saturated rings. The highest BCUT2D eigenvalue weighted by Crippen LogP contribution is 2.26. The van der Waals surface area contributed by atoms with Crippen LogP contribution in [-0.4, -0.2) is 55.8 Å². The number of aliphatic hydroxyl groups excluding tert-OH is 2. The maximum atomic E-state index is 12.7. The van der Waals surface area contributed by atoms with E-state index >= 15 is 0 Å². The first kappa shape index (κ1) is 38.1. The summed E-state index contributed by atoms with van der Waals surface area (Å²) < 4.78 is 23.0. The Morgan fingerprint density at radius 3 is 1.49 bits per heavy atom. The highest BCUT2D eigenvalue weighted by Gasteiger charge is 2.22. The van der Waals surface area contributed by atoms with Crippen molar-refractivity contribution in [1.82, 2.24) is 0 Å².